The lowest BCUT2D eigenvalue weighted by Crippen LogP contribution is -2.17. The summed E-state index contributed by atoms with van der Waals surface area (Å²) < 4.78 is 9.03. The van der Waals surface area contributed by atoms with E-state index in [0.717, 1.165) is 26.7 Å². The molecule has 0 spiro atoms. The summed E-state index contributed by atoms with van der Waals surface area (Å²) in [6.45, 7) is 2.55. The van der Waals surface area contributed by atoms with Gasteiger partial charge < -0.3 is 10.5 Å². The van der Waals surface area contributed by atoms with E-state index in [-0.39, 0.29) is 6.04 Å². The van der Waals surface area contributed by atoms with Crippen LogP contribution in [0.3, 0.4) is 0 Å². The summed E-state index contributed by atoms with van der Waals surface area (Å²) in [6.07, 6.45) is 0.842. The van der Waals surface area contributed by atoms with Crippen molar-refractivity contribution in [1.29, 1.82) is 0 Å². The molecule has 2 nitrogen and oxygen atoms in total. The predicted octanol–water partition coefficient (Wildman–Crippen LogP) is 5.28. The van der Waals surface area contributed by atoms with Gasteiger partial charge in [-0.15, -0.1) is 0 Å². The number of benzene rings is 2. The molecule has 0 aliphatic heterocycles. The standard InChI is InChI=1S/C16H16Br2INO/c1-10(20)6-12-7-14(17)16(15(18)8-12)21-9-11-2-4-13(19)5-3-11/h2-5,7-8,10H,6,9,20H2,1H3. The van der Waals surface area contributed by atoms with Crippen molar-refractivity contribution in [2.24, 2.45) is 5.73 Å². The summed E-state index contributed by atoms with van der Waals surface area (Å²) in [5.74, 6) is 0.821. The van der Waals surface area contributed by atoms with Crippen LogP contribution in [0.25, 0.3) is 0 Å². The summed E-state index contributed by atoms with van der Waals surface area (Å²) in [4.78, 5) is 0. The van der Waals surface area contributed by atoms with Gasteiger partial charge in [0.05, 0.1) is 8.95 Å². The first kappa shape index (κ1) is 17.2. The van der Waals surface area contributed by atoms with Gasteiger partial charge in [0.15, 0.2) is 0 Å². The van der Waals surface area contributed by atoms with Crippen LogP contribution in [-0.2, 0) is 13.0 Å². The van der Waals surface area contributed by atoms with Crippen molar-refractivity contribution >= 4 is 54.5 Å². The number of hydrogen-bond acceptors (Lipinski definition) is 2. The fraction of sp³-hybridized carbons (Fsp3) is 0.250. The third kappa shape index (κ3) is 5.23. The zero-order valence-electron chi connectivity index (χ0n) is 11.6. The molecule has 0 aliphatic carbocycles. The van der Waals surface area contributed by atoms with Gasteiger partial charge in [0.25, 0.3) is 0 Å². The quantitative estimate of drug-likeness (QED) is 0.540. The van der Waals surface area contributed by atoms with Crippen LogP contribution in [0.2, 0.25) is 0 Å². The van der Waals surface area contributed by atoms with Crippen LogP contribution in [0.15, 0.2) is 45.3 Å². The lowest BCUT2D eigenvalue weighted by atomic mass is 10.1. The molecular formula is C16H16Br2INO. The van der Waals surface area contributed by atoms with Gasteiger partial charge in [-0.25, -0.2) is 0 Å². The number of nitrogens with two attached hydrogens (primary N) is 1. The van der Waals surface area contributed by atoms with Crippen molar-refractivity contribution in [2.75, 3.05) is 0 Å². The summed E-state index contributed by atoms with van der Waals surface area (Å²) >= 11 is 9.45. The zero-order chi connectivity index (χ0) is 15.4. The van der Waals surface area contributed by atoms with E-state index in [1.165, 1.54) is 9.13 Å². The minimum atomic E-state index is 0.141. The monoisotopic (exact) mass is 523 g/mol. The van der Waals surface area contributed by atoms with E-state index < -0.39 is 0 Å². The highest BCUT2D eigenvalue weighted by molar-refractivity contribution is 14.1. The Kier molecular flexibility index (Phi) is 6.52. The molecule has 2 N–H and O–H groups in total. The second kappa shape index (κ2) is 7.94. The SMILES string of the molecule is CC(N)Cc1cc(Br)c(OCc2ccc(I)cc2)c(Br)c1. The second-order valence-electron chi connectivity index (χ2n) is 4.99. The molecule has 0 heterocycles. The van der Waals surface area contributed by atoms with Crippen LogP contribution >= 0.6 is 54.5 Å². The van der Waals surface area contributed by atoms with Crippen LogP contribution in [-0.4, -0.2) is 6.04 Å². The topological polar surface area (TPSA) is 35.2 Å². The molecule has 0 bridgehead atoms. The van der Waals surface area contributed by atoms with Gasteiger partial charge in [0.1, 0.15) is 12.4 Å². The molecule has 0 aromatic heterocycles. The maximum atomic E-state index is 5.93. The summed E-state index contributed by atoms with van der Waals surface area (Å²) in [7, 11) is 0. The fourth-order valence-corrected chi connectivity index (χ4v) is 3.85. The third-order valence-electron chi connectivity index (χ3n) is 2.91. The Morgan fingerprint density at radius 2 is 1.67 bits per heavy atom. The molecule has 1 unspecified atom stereocenters. The molecule has 0 amide bonds. The number of rotatable bonds is 5. The number of hydrogen-bond donors (Lipinski definition) is 1. The van der Waals surface area contributed by atoms with Crippen molar-refractivity contribution in [3.63, 3.8) is 0 Å². The van der Waals surface area contributed by atoms with Crippen molar-refractivity contribution in [2.45, 2.75) is 26.0 Å². The highest BCUT2D eigenvalue weighted by Crippen LogP contribution is 2.35. The lowest BCUT2D eigenvalue weighted by Gasteiger charge is -2.13. The Morgan fingerprint density at radius 1 is 1.10 bits per heavy atom. The van der Waals surface area contributed by atoms with E-state index in [1.54, 1.807) is 0 Å². The number of halogens is 3. The first-order valence-electron chi connectivity index (χ1n) is 6.56. The summed E-state index contributed by atoms with van der Waals surface area (Å²) in [6, 6.07) is 12.6. The Hall–Kier alpha value is -0.110. The minimum Gasteiger partial charge on any atom is -0.487 e. The molecule has 21 heavy (non-hydrogen) atoms. The zero-order valence-corrected chi connectivity index (χ0v) is 16.9. The predicted molar refractivity (Wildman–Crippen MR) is 103 cm³/mol. The molecule has 0 saturated heterocycles. The Balaban J connectivity index is 2.11. The van der Waals surface area contributed by atoms with Gasteiger partial charge in [-0.3, -0.25) is 0 Å². The number of ether oxygens (including phenoxy) is 1. The molecule has 2 rings (SSSR count). The molecule has 112 valence electrons. The van der Waals surface area contributed by atoms with Crippen molar-refractivity contribution in [1.82, 2.24) is 0 Å². The molecule has 0 fully saturated rings. The van der Waals surface area contributed by atoms with Gasteiger partial charge in [0.2, 0.25) is 0 Å². The highest BCUT2D eigenvalue weighted by atomic mass is 127. The molecule has 0 saturated carbocycles. The van der Waals surface area contributed by atoms with Gasteiger partial charge in [0, 0.05) is 9.61 Å². The summed E-state index contributed by atoms with van der Waals surface area (Å²) in [5.41, 5.74) is 8.18. The molecule has 1 atom stereocenters. The van der Waals surface area contributed by atoms with Gasteiger partial charge in [-0.1, -0.05) is 12.1 Å². The van der Waals surface area contributed by atoms with Crippen LogP contribution < -0.4 is 10.5 Å². The Morgan fingerprint density at radius 3 is 2.19 bits per heavy atom. The van der Waals surface area contributed by atoms with E-state index in [4.69, 9.17) is 10.5 Å². The van der Waals surface area contributed by atoms with Gasteiger partial charge in [-0.05, 0) is 103 Å². The highest BCUT2D eigenvalue weighted by Gasteiger charge is 2.10. The average molecular weight is 525 g/mol. The fourth-order valence-electron chi connectivity index (χ4n) is 1.98. The molecule has 0 radical (unpaired) electrons. The Labute approximate surface area is 155 Å². The van der Waals surface area contributed by atoms with Crippen molar-refractivity contribution in [3.05, 3.63) is 60.0 Å². The van der Waals surface area contributed by atoms with Crippen molar-refractivity contribution < 1.29 is 4.74 Å². The van der Waals surface area contributed by atoms with Gasteiger partial charge >= 0.3 is 0 Å². The maximum absolute atomic E-state index is 5.93. The van der Waals surface area contributed by atoms with E-state index >= 15 is 0 Å². The van der Waals surface area contributed by atoms with E-state index in [2.05, 4.69) is 90.8 Å². The second-order valence-corrected chi connectivity index (χ2v) is 7.94. The average Bonchev–Trinajstić information content (AvgIpc) is 2.39. The first-order valence-corrected chi connectivity index (χ1v) is 9.23. The third-order valence-corrected chi connectivity index (χ3v) is 4.81. The minimum absolute atomic E-state index is 0.141. The van der Waals surface area contributed by atoms with E-state index in [9.17, 15) is 0 Å². The molecule has 2 aromatic carbocycles. The van der Waals surface area contributed by atoms with Crippen LogP contribution in [0.4, 0.5) is 0 Å². The van der Waals surface area contributed by atoms with Crippen LogP contribution in [0, 0.1) is 3.57 Å². The van der Waals surface area contributed by atoms with E-state index in [1.807, 2.05) is 6.92 Å². The molecule has 2 aromatic rings. The Bertz CT molecular complexity index is 591. The van der Waals surface area contributed by atoms with Crippen LogP contribution in [0.1, 0.15) is 18.1 Å². The molecular weight excluding hydrogens is 509 g/mol. The summed E-state index contributed by atoms with van der Waals surface area (Å²) in [5, 5.41) is 0. The van der Waals surface area contributed by atoms with Gasteiger partial charge in [-0.2, -0.15) is 0 Å². The first-order chi connectivity index (χ1) is 9.95. The maximum Gasteiger partial charge on any atom is 0.148 e. The normalized spacial score (nSPS) is 12.2. The van der Waals surface area contributed by atoms with Crippen LogP contribution in [0.5, 0.6) is 5.75 Å². The van der Waals surface area contributed by atoms with E-state index in [0.29, 0.717) is 6.61 Å². The smallest absolute Gasteiger partial charge is 0.148 e. The van der Waals surface area contributed by atoms with Crippen molar-refractivity contribution in [3.8, 4) is 5.75 Å². The largest absolute Gasteiger partial charge is 0.487 e. The molecule has 0 aliphatic rings. The molecule has 5 heteroatoms. The lowest BCUT2D eigenvalue weighted by molar-refractivity contribution is 0.302.